The van der Waals surface area contributed by atoms with Crippen molar-refractivity contribution >= 4 is 0 Å². The maximum atomic E-state index is 4.54. The molecule has 2 unspecified atom stereocenters. The third-order valence-corrected chi connectivity index (χ3v) is 3.46. The van der Waals surface area contributed by atoms with Crippen LogP contribution in [0.3, 0.4) is 0 Å². The van der Waals surface area contributed by atoms with E-state index < -0.39 is 0 Å². The molecule has 0 aromatic carbocycles. The molecule has 0 radical (unpaired) electrons. The number of hydrogen-bond acceptors (Lipinski definition) is 2. The van der Waals surface area contributed by atoms with Crippen LogP contribution in [-0.4, -0.2) is 22.9 Å². The van der Waals surface area contributed by atoms with Gasteiger partial charge in [0.2, 0.25) is 0 Å². The quantitative estimate of drug-likeness (QED) is 0.800. The number of piperidine rings is 1. The lowest BCUT2D eigenvalue weighted by atomic mass is 9.82. The minimum Gasteiger partial charge on any atom is -0.316 e. The molecule has 1 saturated heterocycles. The predicted molar refractivity (Wildman–Crippen MR) is 62.0 cm³/mol. The smallest absolute Gasteiger partial charge is 0.0656 e. The largest absolute Gasteiger partial charge is 0.316 e. The average molecular weight is 207 g/mol. The van der Waals surface area contributed by atoms with E-state index in [4.69, 9.17) is 0 Å². The van der Waals surface area contributed by atoms with Crippen molar-refractivity contribution in [2.45, 2.75) is 32.6 Å². The molecule has 1 aliphatic rings. The molecule has 1 N–H and O–H groups in total. The molecule has 2 heterocycles. The van der Waals surface area contributed by atoms with E-state index in [1.54, 1.807) is 0 Å². The normalized spacial score (nSPS) is 26.9. The van der Waals surface area contributed by atoms with Gasteiger partial charge >= 0.3 is 0 Å². The van der Waals surface area contributed by atoms with E-state index in [0.29, 0.717) is 5.92 Å². The number of rotatable bonds is 2. The zero-order chi connectivity index (χ0) is 10.8. The maximum absolute atomic E-state index is 4.54. The van der Waals surface area contributed by atoms with Crippen LogP contribution in [0.25, 0.3) is 0 Å². The molecule has 2 rings (SSSR count). The first-order chi connectivity index (χ1) is 7.22. The summed E-state index contributed by atoms with van der Waals surface area (Å²) < 4.78 is 1.96. The van der Waals surface area contributed by atoms with Gasteiger partial charge in [0.05, 0.1) is 5.69 Å². The Bertz CT molecular complexity index is 330. The van der Waals surface area contributed by atoms with Gasteiger partial charge in [-0.2, -0.15) is 5.10 Å². The first kappa shape index (κ1) is 10.7. The van der Waals surface area contributed by atoms with E-state index in [9.17, 15) is 0 Å². The molecular weight excluding hydrogens is 186 g/mol. The minimum absolute atomic E-state index is 0.704. The lowest BCUT2D eigenvalue weighted by molar-refractivity contribution is 0.348. The Morgan fingerprint density at radius 3 is 3.07 bits per heavy atom. The van der Waals surface area contributed by atoms with Gasteiger partial charge in [0, 0.05) is 13.2 Å². The van der Waals surface area contributed by atoms with E-state index in [2.05, 4.69) is 30.5 Å². The Labute approximate surface area is 91.9 Å². The highest BCUT2D eigenvalue weighted by Crippen LogP contribution is 2.31. The molecule has 0 aliphatic carbocycles. The van der Waals surface area contributed by atoms with E-state index in [-0.39, 0.29) is 0 Å². The molecule has 1 aromatic heterocycles. The molecule has 0 saturated carbocycles. The van der Waals surface area contributed by atoms with Crippen LogP contribution in [0, 0.1) is 5.92 Å². The van der Waals surface area contributed by atoms with Crippen molar-refractivity contribution in [3.05, 3.63) is 17.5 Å². The third-order valence-electron chi connectivity index (χ3n) is 3.46. The Morgan fingerprint density at radius 2 is 2.40 bits per heavy atom. The van der Waals surface area contributed by atoms with Crippen LogP contribution >= 0.6 is 0 Å². The maximum Gasteiger partial charge on any atom is 0.0656 e. The van der Waals surface area contributed by atoms with Gasteiger partial charge in [-0.25, -0.2) is 0 Å². The zero-order valence-electron chi connectivity index (χ0n) is 9.95. The summed E-state index contributed by atoms with van der Waals surface area (Å²) in [6, 6.07) is 0. The molecule has 0 amide bonds. The summed E-state index contributed by atoms with van der Waals surface area (Å²) in [5.74, 6) is 1.43. The molecule has 1 fully saturated rings. The predicted octanol–water partition coefficient (Wildman–Crippen LogP) is 1.70. The Morgan fingerprint density at radius 1 is 1.60 bits per heavy atom. The lowest BCUT2D eigenvalue weighted by Crippen LogP contribution is -2.33. The van der Waals surface area contributed by atoms with Crippen molar-refractivity contribution in [2.75, 3.05) is 13.1 Å². The molecule has 0 spiro atoms. The summed E-state index contributed by atoms with van der Waals surface area (Å²) in [5, 5.41) is 7.99. The van der Waals surface area contributed by atoms with Gasteiger partial charge in [-0.1, -0.05) is 13.8 Å². The van der Waals surface area contributed by atoms with Crippen LogP contribution in [0.2, 0.25) is 0 Å². The number of aromatic nitrogens is 2. The first-order valence-corrected chi connectivity index (χ1v) is 5.95. The summed E-state index contributed by atoms with van der Waals surface area (Å²) in [6.07, 6.45) is 4.51. The van der Waals surface area contributed by atoms with Crippen molar-refractivity contribution < 1.29 is 0 Å². The van der Waals surface area contributed by atoms with Crippen LogP contribution < -0.4 is 5.32 Å². The number of aryl methyl sites for hydroxylation is 2. The molecule has 84 valence electrons. The summed E-state index contributed by atoms with van der Waals surface area (Å²) in [4.78, 5) is 0. The van der Waals surface area contributed by atoms with Gasteiger partial charge in [0.1, 0.15) is 0 Å². The second-order valence-electron chi connectivity index (χ2n) is 4.63. The first-order valence-electron chi connectivity index (χ1n) is 5.95. The molecule has 15 heavy (non-hydrogen) atoms. The number of hydrogen-bond donors (Lipinski definition) is 1. The van der Waals surface area contributed by atoms with Gasteiger partial charge < -0.3 is 5.32 Å². The highest BCUT2D eigenvalue weighted by Gasteiger charge is 2.25. The van der Waals surface area contributed by atoms with Crippen molar-refractivity contribution in [1.29, 1.82) is 0 Å². The standard InChI is InChI=1S/C12H21N3/c1-4-12-11(8-15(3)14-12)10-5-6-13-7-9(10)2/h8-10,13H,4-7H2,1-3H3. The van der Waals surface area contributed by atoms with Crippen molar-refractivity contribution in [1.82, 2.24) is 15.1 Å². The molecule has 1 aromatic rings. The van der Waals surface area contributed by atoms with Crippen LogP contribution in [-0.2, 0) is 13.5 Å². The third kappa shape index (κ3) is 2.07. The summed E-state index contributed by atoms with van der Waals surface area (Å²) in [6.45, 7) is 6.82. The minimum atomic E-state index is 0.704. The van der Waals surface area contributed by atoms with Crippen molar-refractivity contribution in [3.63, 3.8) is 0 Å². The highest BCUT2D eigenvalue weighted by molar-refractivity contribution is 5.23. The fourth-order valence-corrected chi connectivity index (χ4v) is 2.61. The molecule has 3 heteroatoms. The van der Waals surface area contributed by atoms with E-state index in [0.717, 1.165) is 25.4 Å². The summed E-state index contributed by atoms with van der Waals surface area (Å²) in [7, 11) is 2.02. The average Bonchev–Trinajstić information content (AvgIpc) is 2.60. The fraction of sp³-hybridized carbons (Fsp3) is 0.750. The summed E-state index contributed by atoms with van der Waals surface area (Å²) in [5.41, 5.74) is 2.77. The molecule has 3 nitrogen and oxygen atoms in total. The summed E-state index contributed by atoms with van der Waals surface area (Å²) >= 11 is 0. The second-order valence-corrected chi connectivity index (χ2v) is 4.63. The van der Waals surface area contributed by atoms with Crippen LogP contribution in [0.4, 0.5) is 0 Å². The molecule has 2 atom stereocenters. The van der Waals surface area contributed by atoms with Crippen LogP contribution in [0.1, 0.15) is 37.4 Å². The van der Waals surface area contributed by atoms with Crippen molar-refractivity contribution in [2.24, 2.45) is 13.0 Å². The van der Waals surface area contributed by atoms with E-state index in [1.807, 2.05) is 11.7 Å². The van der Waals surface area contributed by atoms with Gasteiger partial charge in [0.25, 0.3) is 0 Å². The van der Waals surface area contributed by atoms with E-state index >= 15 is 0 Å². The Hall–Kier alpha value is -0.830. The fourth-order valence-electron chi connectivity index (χ4n) is 2.61. The van der Waals surface area contributed by atoms with Gasteiger partial charge in [-0.3, -0.25) is 4.68 Å². The molecular formula is C12H21N3. The number of nitrogens with one attached hydrogen (secondary N) is 1. The van der Waals surface area contributed by atoms with Gasteiger partial charge in [-0.15, -0.1) is 0 Å². The number of nitrogens with zero attached hydrogens (tertiary/aromatic N) is 2. The van der Waals surface area contributed by atoms with Crippen molar-refractivity contribution in [3.8, 4) is 0 Å². The topological polar surface area (TPSA) is 29.9 Å². The second kappa shape index (κ2) is 4.35. The Kier molecular flexibility index (Phi) is 3.10. The molecule has 0 bridgehead atoms. The lowest BCUT2D eigenvalue weighted by Gasteiger charge is -2.29. The Balaban J connectivity index is 2.26. The van der Waals surface area contributed by atoms with E-state index in [1.165, 1.54) is 17.7 Å². The van der Waals surface area contributed by atoms with Gasteiger partial charge in [0.15, 0.2) is 0 Å². The monoisotopic (exact) mass is 207 g/mol. The molecule has 1 aliphatic heterocycles. The van der Waals surface area contributed by atoms with Crippen LogP contribution in [0.5, 0.6) is 0 Å². The SMILES string of the molecule is CCc1nn(C)cc1C1CCNCC1C. The zero-order valence-corrected chi connectivity index (χ0v) is 9.95. The highest BCUT2D eigenvalue weighted by atomic mass is 15.3. The van der Waals surface area contributed by atoms with Gasteiger partial charge in [-0.05, 0) is 43.3 Å². The van der Waals surface area contributed by atoms with Crippen LogP contribution in [0.15, 0.2) is 6.20 Å².